The van der Waals surface area contributed by atoms with E-state index in [1.54, 1.807) is 10.9 Å². The van der Waals surface area contributed by atoms with Crippen LogP contribution in [-0.2, 0) is 7.05 Å². The van der Waals surface area contributed by atoms with Crippen molar-refractivity contribution in [1.82, 2.24) is 9.78 Å². The summed E-state index contributed by atoms with van der Waals surface area (Å²) < 4.78 is 1.70. The van der Waals surface area contributed by atoms with Crippen molar-refractivity contribution in [3.8, 4) is 0 Å². The van der Waals surface area contributed by atoms with Crippen LogP contribution in [0.25, 0.3) is 10.8 Å². The molecule has 0 radical (unpaired) electrons. The Labute approximate surface area is 105 Å². The molecule has 4 nitrogen and oxygen atoms in total. The normalized spacial score (nSPS) is 10.7. The van der Waals surface area contributed by atoms with E-state index < -0.39 is 0 Å². The van der Waals surface area contributed by atoms with Gasteiger partial charge in [-0.2, -0.15) is 5.10 Å². The Morgan fingerprint density at radius 2 is 1.89 bits per heavy atom. The van der Waals surface area contributed by atoms with E-state index in [9.17, 15) is 0 Å². The molecule has 0 bridgehead atoms. The summed E-state index contributed by atoms with van der Waals surface area (Å²) in [6.07, 6.45) is 1.79. The second-order valence-corrected chi connectivity index (χ2v) is 4.26. The Bertz CT molecular complexity index is 695. The third-order valence-electron chi connectivity index (χ3n) is 2.90. The third kappa shape index (κ3) is 1.78. The number of anilines is 3. The standard InChI is InChI=1S/C14H14N4/c1-18-9-12(15)14(17-18)16-13-8-4-6-10-5-2-3-7-11(10)13/h2-9H,15H2,1H3,(H,16,17). The number of aromatic nitrogens is 2. The predicted octanol–water partition coefficient (Wildman–Crippen LogP) is 2.90. The molecule has 3 aromatic rings. The second kappa shape index (κ2) is 4.07. The molecule has 0 aliphatic rings. The van der Waals surface area contributed by atoms with Gasteiger partial charge in [-0.15, -0.1) is 0 Å². The van der Waals surface area contributed by atoms with E-state index in [1.807, 2.05) is 31.3 Å². The Hall–Kier alpha value is -2.49. The van der Waals surface area contributed by atoms with Gasteiger partial charge in [-0.05, 0) is 11.5 Å². The van der Waals surface area contributed by atoms with Crippen molar-refractivity contribution in [2.45, 2.75) is 0 Å². The molecular weight excluding hydrogens is 224 g/mol. The van der Waals surface area contributed by atoms with Crippen LogP contribution in [0, 0.1) is 0 Å². The van der Waals surface area contributed by atoms with E-state index in [1.165, 1.54) is 5.39 Å². The zero-order valence-electron chi connectivity index (χ0n) is 10.1. The highest BCUT2D eigenvalue weighted by Crippen LogP contribution is 2.27. The number of nitrogen functional groups attached to an aromatic ring is 1. The van der Waals surface area contributed by atoms with Crippen molar-refractivity contribution in [1.29, 1.82) is 0 Å². The highest BCUT2D eigenvalue weighted by molar-refractivity contribution is 5.95. The van der Waals surface area contributed by atoms with E-state index in [-0.39, 0.29) is 0 Å². The van der Waals surface area contributed by atoms with Gasteiger partial charge in [0.15, 0.2) is 5.82 Å². The maximum absolute atomic E-state index is 5.89. The van der Waals surface area contributed by atoms with E-state index in [4.69, 9.17) is 5.73 Å². The number of rotatable bonds is 2. The highest BCUT2D eigenvalue weighted by atomic mass is 15.3. The summed E-state index contributed by atoms with van der Waals surface area (Å²) in [5.74, 6) is 0.689. The molecule has 0 saturated carbocycles. The molecule has 0 amide bonds. The molecule has 18 heavy (non-hydrogen) atoms. The van der Waals surface area contributed by atoms with Crippen LogP contribution < -0.4 is 11.1 Å². The van der Waals surface area contributed by atoms with Crippen LogP contribution in [0.1, 0.15) is 0 Å². The lowest BCUT2D eigenvalue weighted by Crippen LogP contribution is -1.96. The lowest BCUT2D eigenvalue weighted by atomic mass is 10.1. The lowest BCUT2D eigenvalue weighted by Gasteiger charge is -2.07. The maximum Gasteiger partial charge on any atom is 0.175 e. The molecule has 0 aliphatic carbocycles. The SMILES string of the molecule is Cn1cc(N)c(Nc2cccc3ccccc23)n1. The fourth-order valence-electron chi connectivity index (χ4n) is 2.07. The quantitative estimate of drug-likeness (QED) is 0.721. The fourth-order valence-corrected chi connectivity index (χ4v) is 2.07. The first kappa shape index (κ1) is 10.7. The maximum atomic E-state index is 5.89. The van der Waals surface area contributed by atoms with Crippen molar-refractivity contribution in [3.05, 3.63) is 48.7 Å². The van der Waals surface area contributed by atoms with Crippen LogP contribution in [0.5, 0.6) is 0 Å². The van der Waals surface area contributed by atoms with Crippen LogP contribution in [0.15, 0.2) is 48.7 Å². The molecule has 0 unspecified atom stereocenters. The van der Waals surface area contributed by atoms with Gasteiger partial charge >= 0.3 is 0 Å². The molecule has 0 saturated heterocycles. The molecule has 0 fully saturated rings. The Morgan fingerprint density at radius 3 is 2.67 bits per heavy atom. The molecule has 1 aromatic heterocycles. The molecule has 90 valence electrons. The summed E-state index contributed by atoms with van der Waals surface area (Å²) in [5, 5.41) is 9.92. The van der Waals surface area contributed by atoms with Crippen LogP contribution in [0.4, 0.5) is 17.2 Å². The summed E-state index contributed by atoms with van der Waals surface area (Å²) in [6.45, 7) is 0. The molecule has 4 heteroatoms. The van der Waals surface area contributed by atoms with Gasteiger partial charge in [-0.1, -0.05) is 36.4 Å². The summed E-state index contributed by atoms with van der Waals surface area (Å²) in [6, 6.07) is 14.3. The summed E-state index contributed by atoms with van der Waals surface area (Å²) >= 11 is 0. The minimum absolute atomic E-state index is 0.644. The monoisotopic (exact) mass is 238 g/mol. The van der Waals surface area contributed by atoms with Gasteiger partial charge in [-0.3, -0.25) is 4.68 Å². The molecule has 3 rings (SSSR count). The average Bonchev–Trinajstić information content (AvgIpc) is 2.68. The minimum atomic E-state index is 0.644. The summed E-state index contributed by atoms with van der Waals surface area (Å²) in [5.41, 5.74) is 7.54. The van der Waals surface area contributed by atoms with Gasteiger partial charge in [0.25, 0.3) is 0 Å². The van der Waals surface area contributed by atoms with Gasteiger partial charge in [0.2, 0.25) is 0 Å². The van der Waals surface area contributed by atoms with Gasteiger partial charge in [0.1, 0.15) is 0 Å². The number of hydrogen-bond acceptors (Lipinski definition) is 3. The molecule has 2 aromatic carbocycles. The number of aryl methyl sites for hydroxylation is 1. The van der Waals surface area contributed by atoms with Gasteiger partial charge in [-0.25, -0.2) is 0 Å². The zero-order chi connectivity index (χ0) is 12.5. The highest BCUT2D eigenvalue weighted by Gasteiger charge is 2.06. The van der Waals surface area contributed by atoms with Gasteiger partial charge in [0.05, 0.1) is 5.69 Å². The molecule has 3 N–H and O–H groups in total. The largest absolute Gasteiger partial charge is 0.394 e. The van der Waals surface area contributed by atoms with Crippen molar-refractivity contribution in [2.75, 3.05) is 11.1 Å². The van der Waals surface area contributed by atoms with E-state index in [0.29, 0.717) is 11.5 Å². The molecule has 0 atom stereocenters. The number of fused-ring (bicyclic) bond motifs is 1. The predicted molar refractivity (Wildman–Crippen MR) is 74.9 cm³/mol. The van der Waals surface area contributed by atoms with E-state index in [0.717, 1.165) is 11.1 Å². The number of nitrogens with zero attached hydrogens (tertiary/aromatic N) is 2. The minimum Gasteiger partial charge on any atom is -0.394 e. The van der Waals surface area contributed by atoms with Crippen LogP contribution in [0.2, 0.25) is 0 Å². The Morgan fingerprint density at radius 1 is 1.11 bits per heavy atom. The Kier molecular flexibility index (Phi) is 2.41. The van der Waals surface area contributed by atoms with Crippen LogP contribution >= 0.6 is 0 Å². The zero-order valence-corrected chi connectivity index (χ0v) is 10.1. The summed E-state index contributed by atoms with van der Waals surface area (Å²) in [4.78, 5) is 0. The van der Waals surface area contributed by atoms with Crippen molar-refractivity contribution >= 4 is 28.0 Å². The van der Waals surface area contributed by atoms with Crippen molar-refractivity contribution in [3.63, 3.8) is 0 Å². The van der Waals surface area contributed by atoms with Gasteiger partial charge < -0.3 is 11.1 Å². The molecule has 0 aliphatic heterocycles. The number of nitrogens with two attached hydrogens (primary N) is 1. The van der Waals surface area contributed by atoms with Crippen molar-refractivity contribution < 1.29 is 0 Å². The van der Waals surface area contributed by atoms with Crippen LogP contribution in [-0.4, -0.2) is 9.78 Å². The number of benzene rings is 2. The Balaban J connectivity index is 2.07. The fraction of sp³-hybridized carbons (Fsp3) is 0.0714. The van der Waals surface area contributed by atoms with E-state index in [2.05, 4.69) is 28.6 Å². The topological polar surface area (TPSA) is 55.9 Å². The first-order chi connectivity index (χ1) is 8.74. The molecule has 1 heterocycles. The second-order valence-electron chi connectivity index (χ2n) is 4.26. The first-order valence-corrected chi connectivity index (χ1v) is 5.78. The summed E-state index contributed by atoms with van der Waals surface area (Å²) in [7, 11) is 1.85. The average molecular weight is 238 g/mol. The number of hydrogen-bond donors (Lipinski definition) is 2. The van der Waals surface area contributed by atoms with Crippen LogP contribution in [0.3, 0.4) is 0 Å². The van der Waals surface area contributed by atoms with E-state index >= 15 is 0 Å². The molecule has 0 spiro atoms. The molecular formula is C14H14N4. The number of nitrogens with one attached hydrogen (secondary N) is 1. The van der Waals surface area contributed by atoms with Gasteiger partial charge in [0, 0.05) is 24.3 Å². The third-order valence-corrected chi connectivity index (χ3v) is 2.90. The first-order valence-electron chi connectivity index (χ1n) is 5.78. The van der Waals surface area contributed by atoms with Crippen molar-refractivity contribution in [2.24, 2.45) is 7.05 Å². The smallest absolute Gasteiger partial charge is 0.175 e. The lowest BCUT2D eigenvalue weighted by molar-refractivity contribution is 0.771.